The zero-order valence-electron chi connectivity index (χ0n) is 10.4. The number of benzene rings is 1. The van der Waals surface area contributed by atoms with Crippen molar-refractivity contribution in [1.82, 2.24) is 0 Å². The number of hydrogen-bond acceptors (Lipinski definition) is 5. The molecule has 0 saturated carbocycles. The molecule has 0 aliphatic heterocycles. The van der Waals surface area contributed by atoms with Gasteiger partial charge in [-0.15, -0.1) is 0 Å². The number of carbonyl (C=O) groups is 1. The third-order valence-corrected chi connectivity index (χ3v) is 4.07. The molecule has 104 valence electrons. The third-order valence-electron chi connectivity index (χ3n) is 2.82. The van der Waals surface area contributed by atoms with Gasteiger partial charge in [-0.2, -0.15) is 0 Å². The van der Waals surface area contributed by atoms with Crippen molar-refractivity contribution in [2.45, 2.75) is 25.5 Å². The molecule has 0 radical (unpaired) electrons. The van der Waals surface area contributed by atoms with Gasteiger partial charge in [0.05, 0.1) is 9.67 Å². The predicted molar refractivity (Wildman–Crippen MR) is 70.0 cm³/mol. The standard InChI is InChI=1S/C11H12ClNO5S/c1-6-4-8(11(2,3)19(17)18)9(13(15)16)5-7(6)10(12)14/h4-5H,1-3H3,(H,17,18)/p-1. The van der Waals surface area contributed by atoms with Crippen LogP contribution in [0.2, 0.25) is 0 Å². The van der Waals surface area contributed by atoms with Crippen LogP contribution >= 0.6 is 11.6 Å². The number of halogens is 1. The summed E-state index contributed by atoms with van der Waals surface area (Å²) < 4.78 is 21.0. The number of nitro groups is 1. The van der Waals surface area contributed by atoms with E-state index in [0.29, 0.717) is 5.56 Å². The summed E-state index contributed by atoms with van der Waals surface area (Å²) in [4.78, 5) is 21.5. The number of rotatable bonds is 4. The Kier molecular flexibility index (Phi) is 4.44. The summed E-state index contributed by atoms with van der Waals surface area (Å²) in [5.41, 5.74) is -0.0440. The average molecular weight is 305 g/mol. The quantitative estimate of drug-likeness (QED) is 0.368. The molecule has 1 unspecified atom stereocenters. The second-order valence-electron chi connectivity index (χ2n) is 4.46. The van der Waals surface area contributed by atoms with Crippen LogP contribution < -0.4 is 0 Å². The lowest BCUT2D eigenvalue weighted by Gasteiger charge is -2.28. The fourth-order valence-electron chi connectivity index (χ4n) is 1.63. The maximum absolute atomic E-state index is 11.2. The van der Waals surface area contributed by atoms with E-state index in [1.807, 2.05) is 0 Å². The lowest BCUT2D eigenvalue weighted by molar-refractivity contribution is -0.385. The normalized spacial score (nSPS) is 13.1. The molecule has 1 rings (SSSR count). The van der Waals surface area contributed by atoms with Crippen LogP contribution in [0.3, 0.4) is 0 Å². The van der Waals surface area contributed by atoms with Crippen molar-refractivity contribution < 1.29 is 18.5 Å². The fraction of sp³-hybridized carbons (Fsp3) is 0.364. The minimum Gasteiger partial charge on any atom is -0.772 e. The van der Waals surface area contributed by atoms with Crippen molar-refractivity contribution in [1.29, 1.82) is 0 Å². The molecule has 0 fully saturated rings. The van der Waals surface area contributed by atoms with Crippen molar-refractivity contribution in [2.24, 2.45) is 0 Å². The Hall–Kier alpha value is -1.31. The van der Waals surface area contributed by atoms with Crippen molar-refractivity contribution in [3.8, 4) is 0 Å². The van der Waals surface area contributed by atoms with Gasteiger partial charge < -0.3 is 4.55 Å². The molecule has 8 heteroatoms. The van der Waals surface area contributed by atoms with Crippen LogP contribution in [0.25, 0.3) is 0 Å². The van der Waals surface area contributed by atoms with E-state index in [0.717, 1.165) is 6.07 Å². The highest BCUT2D eigenvalue weighted by Crippen LogP contribution is 2.35. The first-order chi connectivity index (χ1) is 8.59. The van der Waals surface area contributed by atoms with E-state index in [1.165, 1.54) is 26.8 Å². The van der Waals surface area contributed by atoms with Crippen LogP contribution in [-0.2, 0) is 15.8 Å². The van der Waals surface area contributed by atoms with Crippen molar-refractivity contribution in [3.05, 3.63) is 38.9 Å². The minimum atomic E-state index is -2.55. The van der Waals surface area contributed by atoms with Crippen molar-refractivity contribution in [2.75, 3.05) is 0 Å². The number of carbonyl (C=O) groups excluding carboxylic acids is 1. The first-order valence-corrected chi connectivity index (χ1v) is 6.63. The molecule has 0 saturated heterocycles. The van der Waals surface area contributed by atoms with E-state index in [-0.39, 0.29) is 11.1 Å². The van der Waals surface area contributed by atoms with Gasteiger partial charge in [0, 0.05) is 17.2 Å². The molecule has 0 amide bonds. The zero-order valence-corrected chi connectivity index (χ0v) is 12.0. The number of hydrogen-bond donors (Lipinski definition) is 0. The van der Waals surface area contributed by atoms with E-state index in [9.17, 15) is 23.7 Å². The van der Waals surface area contributed by atoms with Gasteiger partial charge in [0.25, 0.3) is 10.9 Å². The summed E-state index contributed by atoms with van der Waals surface area (Å²) in [6.07, 6.45) is 0. The molecule has 0 aliphatic rings. The maximum Gasteiger partial charge on any atom is 0.274 e. The zero-order chi connectivity index (χ0) is 15.0. The molecular formula is C11H11ClNO5S-. The molecule has 0 heterocycles. The van der Waals surface area contributed by atoms with Gasteiger partial charge in [-0.25, -0.2) is 0 Å². The molecule has 0 spiro atoms. The van der Waals surface area contributed by atoms with E-state index < -0.39 is 31.7 Å². The summed E-state index contributed by atoms with van der Waals surface area (Å²) in [5, 5.41) is 10.2. The highest BCUT2D eigenvalue weighted by Gasteiger charge is 2.31. The Morgan fingerprint density at radius 1 is 1.42 bits per heavy atom. The van der Waals surface area contributed by atoms with Gasteiger partial charge in [0.1, 0.15) is 0 Å². The van der Waals surface area contributed by atoms with Gasteiger partial charge >= 0.3 is 0 Å². The Labute approximate surface area is 117 Å². The first-order valence-electron chi connectivity index (χ1n) is 5.17. The molecule has 1 aromatic rings. The molecule has 6 nitrogen and oxygen atoms in total. The molecule has 1 atom stereocenters. The van der Waals surface area contributed by atoms with Crippen molar-refractivity contribution >= 4 is 33.6 Å². The number of aryl methyl sites for hydroxylation is 1. The first kappa shape index (κ1) is 15.7. The summed E-state index contributed by atoms with van der Waals surface area (Å²) in [5.74, 6) is 0. The molecule has 1 aromatic carbocycles. The van der Waals surface area contributed by atoms with Crippen LogP contribution in [0.1, 0.15) is 35.3 Å². The van der Waals surface area contributed by atoms with E-state index in [2.05, 4.69) is 0 Å². The van der Waals surface area contributed by atoms with Crippen LogP contribution in [0.5, 0.6) is 0 Å². The molecule has 19 heavy (non-hydrogen) atoms. The molecule has 0 aromatic heterocycles. The minimum absolute atomic E-state index is 0.00963. The summed E-state index contributed by atoms with van der Waals surface area (Å²) in [7, 11) is 0. The maximum atomic E-state index is 11.2. The highest BCUT2D eigenvalue weighted by atomic mass is 35.5. The molecule has 0 bridgehead atoms. The van der Waals surface area contributed by atoms with Crippen LogP contribution in [-0.4, -0.2) is 18.9 Å². The smallest absolute Gasteiger partial charge is 0.274 e. The number of nitrogens with zero attached hydrogens (tertiary/aromatic N) is 1. The average Bonchev–Trinajstić information content (AvgIpc) is 2.27. The van der Waals surface area contributed by atoms with Gasteiger partial charge in [-0.05, 0) is 55.1 Å². The summed E-state index contributed by atoms with van der Waals surface area (Å²) in [6.45, 7) is 4.23. The highest BCUT2D eigenvalue weighted by molar-refractivity contribution is 7.80. The predicted octanol–water partition coefficient (Wildman–Crippen LogP) is 2.40. The van der Waals surface area contributed by atoms with Crippen LogP contribution in [0.15, 0.2) is 12.1 Å². The largest absolute Gasteiger partial charge is 0.772 e. The fourth-order valence-corrected chi connectivity index (χ4v) is 2.18. The van der Waals surface area contributed by atoms with Crippen LogP contribution in [0.4, 0.5) is 5.69 Å². The lowest BCUT2D eigenvalue weighted by atomic mass is 9.95. The van der Waals surface area contributed by atoms with Crippen LogP contribution in [0, 0.1) is 17.0 Å². The van der Waals surface area contributed by atoms with Gasteiger partial charge in [0.2, 0.25) is 0 Å². The number of nitro benzene ring substituents is 1. The Morgan fingerprint density at radius 3 is 2.32 bits per heavy atom. The van der Waals surface area contributed by atoms with Gasteiger partial charge in [-0.1, -0.05) is 0 Å². The Morgan fingerprint density at radius 2 is 1.95 bits per heavy atom. The summed E-state index contributed by atoms with van der Waals surface area (Å²) >= 11 is 2.78. The SMILES string of the molecule is Cc1cc(C(C)(C)S(=O)[O-])c([N+](=O)[O-])cc1C(=O)Cl. The second kappa shape index (κ2) is 5.36. The Balaban J connectivity index is 3.66. The van der Waals surface area contributed by atoms with Gasteiger partial charge in [0.15, 0.2) is 0 Å². The Bertz CT molecular complexity index is 585. The van der Waals surface area contributed by atoms with E-state index in [1.54, 1.807) is 0 Å². The summed E-state index contributed by atoms with van der Waals surface area (Å²) in [6, 6.07) is 2.32. The molecule has 0 aliphatic carbocycles. The topological polar surface area (TPSA) is 100 Å². The van der Waals surface area contributed by atoms with E-state index >= 15 is 0 Å². The van der Waals surface area contributed by atoms with Crippen molar-refractivity contribution in [3.63, 3.8) is 0 Å². The third kappa shape index (κ3) is 2.99. The molecular weight excluding hydrogens is 294 g/mol. The van der Waals surface area contributed by atoms with E-state index in [4.69, 9.17) is 11.6 Å². The van der Waals surface area contributed by atoms with Gasteiger partial charge in [-0.3, -0.25) is 19.1 Å². The molecule has 0 N–H and O–H groups in total. The monoisotopic (exact) mass is 304 g/mol. The lowest BCUT2D eigenvalue weighted by Crippen LogP contribution is -2.25. The second-order valence-corrected chi connectivity index (χ2v) is 6.29.